The monoisotopic (exact) mass is 275 g/mol. The van der Waals surface area contributed by atoms with Gasteiger partial charge in [0.05, 0.1) is 12.7 Å². The number of hydrogen-bond donors (Lipinski definition) is 2. The molecule has 0 spiro atoms. The van der Waals surface area contributed by atoms with Crippen molar-refractivity contribution in [2.24, 2.45) is 0 Å². The highest BCUT2D eigenvalue weighted by atomic mass is 32.2. The normalized spacial score (nSPS) is 10.2. The van der Waals surface area contributed by atoms with Gasteiger partial charge in [-0.15, -0.1) is 0 Å². The van der Waals surface area contributed by atoms with Crippen LogP contribution in [0.4, 0.5) is 5.69 Å². The zero-order valence-electron chi connectivity index (χ0n) is 10.3. The summed E-state index contributed by atoms with van der Waals surface area (Å²) in [6.45, 7) is 0. The van der Waals surface area contributed by atoms with Gasteiger partial charge in [0.15, 0.2) is 0 Å². The van der Waals surface area contributed by atoms with Crippen LogP contribution in [-0.4, -0.2) is 18.2 Å². The molecule has 0 heterocycles. The standard InChI is InChI=1S/C14H13NO3S/c1-18-9-3-2-4-10(7-9)19-11-5-6-13(15)12(8-11)14(16)17/h2-8H,15H2,1H3,(H,16,17). The van der Waals surface area contributed by atoms with E-state index in [2.05, 4.69) is 0 Å². The Morgan fingerprint density at radius 2 is 1.95 bits per heavy atom. The van der Waals surface area contributed by atoms with Gasteiger partial charge >= 0.3 is 5.97 Å². The van der Waals surface area contributed by atoms with E-state index in [1.165, 1.54) is 11.8 Å². The Morgan fingerprint density at radius 3 is 2.63 bits per heavy atom. The fourth-order valence-corrected chi connectivity index (χ4v) is 2.49. The minimum atomic E-state index is -1.02. The van der Waals surface area contributed by atoms with Gasteiger partial charge < -0.3 is 15.6 Å². The Balaban J connectivity index is 2.28. The number of benzene rings is 2. The van der Waals surface area contributed by atoms with Gasteiger partial charge in [-0.1, -0.05) is 17.8 Å². The number of rotatable bonds is 4. The third-order valence-corrected chi connectivity index (χ3v) is 3.51. The molecule has 4 nitrogen and oxygen atoms in total. The summed E-state index contributed by atoms with van der Waals surface area (Å²) in [6, 6.07) is 12.5. The lowest BCUT2D eigenvalue weighted by molar-refractivity contribution is 0.0698. The largest absolute Gasteiger partial charge is 0.497 e. The van der Waals surface area contributed by atoms with Crippen molar-refractivity contribution in [2.45, 2.75) is 9.79 Å². The summed E-state index contributed by atoms with van der Waals surface area (Å²) in [7, 11) is 1.61. The Hall–Kier alpha value is -2.14. The van der Waals surface area contributed by atoms with Gasteiger partial charge in [-0.2, -0.15) is 0 Å². The maximum atomic E-state index is 11.0. The number of aromatic carboxylic acids is 1. The summed E-state index contributed by atoms with van der Waals surface area (Å²) in [5, 5.41) is 9.03. The topological polar surface area (TPSA) is 72.5 Å². The molecule has 3 N–H and O–H groups in total. The number of hydrogen-bond acceptors (Lipinski definition) is 4. The number of nitrogens with two attached hydrogens (primary N) is 1. The maximum absolute atomic E-state index is 11.0. The second-order valence-corrected chi connectivity index (χ2v) is 4.98. The first kappa shape index (κ1) is 13.3. The van der Waals surface area contributed by atoms with Crippen LogP contribution in [0.3, 0.4) is 0 Å². The van der Waals surface area contributed by atoms with E-state index >= 15 is 0 Å². The van der Waals surface area contributed by atoms with Crippen molar-refractivity contribution in [3.63, 3.8) is 0 Å². The van der Waals surface area contributed by atoms with E-state index in [1.54, 1.807) is 25.3 Å². The third kappa shape index (κ3) is 3.20. The van der Waals surface area contributed by atoms with E-state index in [4.69, 9.17) is 15.6 Å². The summed E-state index contributed by atoms with van der Waals surface area (Å²) in [4.78, 5) is 12.8. The molecule has 0 aromatic heterocycles. The highest BCUT2D eigenvalue weighted by Gasteiger charge is 2.09. The number of anilines is 1. The van der Waals surface area contributed by atoms with E-state index in [0.717, 1.165) is 15.5 Å². The number of carbonyl (C=O) groups is 1. The number of carboxylic acid groups (broad SMARTS) is 1. The Bertz CT molecular complexity index is 613. The lowest BCUT2D eigenvalue weighted by Crippen LogP contribution is -2.01. The molecule has 0 atom stereocenters. The highest BCUT2D eigenvalue weighted by molar-refractivity contribution is 7.99. The van der Waals surface area contributed by atoms with E-state index < -0.39 is 5.97 Å². The van der Waals surface area contributed by atoms with Crippen molar-refractivity contribution in [3.05, 3.63) is 48.0 Å². The van der Waals surface area contributed by atoms with Crippen molar-refractivity contribution in [1.82, 2.24) is 0 Å². The number of ether oxygens (including phenoxy) is 1. The average Bonchev–Trinajstić information content (AvgIpc) is 2.41. The molecule has 0 saturated carbocycles. The summed E-state index contributed by atoms with van der Waals surface area (Å²) in [6.07, 6.45) is 0. The van der Waals surface area contributed by atoms with E-state index in [0.29, 0.717) is 0 Å². The first-order valence-electron chi connectivity index (χ1n) is 5.55. The number of carboxylic acids is 1. The van der Waals surface area contributed by atoms with E-state index in [9.17, 15) is 4.79 Å². The second-order valence-electron chi connectivity index (χ2n) is 3.84. The van der Waals surface area contributed by atoms with Crippen LogP contribution in [0.15, 0.2) is 52.3 Å². The molecular formula is C14H13NO3S. The van der Waals surface area contributed by atoms with Crippen LogP contribution in [-0.2, 0) is 0 Å². The molecule has 2 aromatic carbocycles. The molecular weight excluding hydrogens is 262 g/mol. The van der Waals surface area contributed by atoms with Gasteiger partial charge in [0.25, 0.3) is 0 Å². The first-order chi connectivity index (χ1) is 9.10. The van der Waals surface area contributed by atoms with Crippen LogP contribution in [0.1, 0.15) is 10.4 Å². The molecule has 0 radical (unpaired) electrons. The SMILES string of the molecule is COc1cccc(Sc2ccc(N)c(C(=O)O)c2)c1. The molecule has 0 unspecified atom stereocenters. The maximum Gasteiger partial charge on any atom is 0.337 e. The fraction of sp³-hybridized carbons (Fsp3) is 0.0714. The van der Waals surface area contributed by atoms with E-state index in [-0.39, 0.29) is 11.3 Å². The van der Waals surface area contributed by atoms with Crippen molar-refractivity contribution in [3.8, 4) is 5.75 Å². The minimum absolute atomic E-state index is 0.118. The summed E-state index contributed by atoms with van der Waals surface area (Å²) in [5.41, 5.74) is 6.00. The van der Waals surface area contributed by atoms with Gasteiger partial charge in [0, 0.05) is 15.5 Å². The molecule has 5 heteroatoms. The Kier molecular flexibility index (Phi) is 3.97. The van der Waals surface area contributed by atoms with E-state index in [1.807, 2.05) is 24.3 Å². The molecule has 0 bridgehead atoms. The van der Waals surface area contributed by atoms with Gasteiger partial charge in [-0.3, -0.25) is 0 Å². The molecule has 19 heavy (non-hydrogen) atoms. The minimum Gasteiger partial charge on any atom is -0.497 e. The molecule has 0 amide bonds. The second kappa shape index (κ2) is 5.67. The fourth-order valence-electron chi connectivity index (χ4n) is 1.58. The van der Waals surface area contributed by atoms with Crippen LogP contribution >= 0.6 is 11.8 Å². The van der Waals surface area contributed by atoms with Gasteiger partial charge in [-0.25, -0.2) is 4.79 Å². The predicted octanol–water partition coefficient (Wildman–Crippen LogP) is 3.13. The molecule has 98 valence electrons. The van der Waals surface area contributed by atoms with Crippen LogP contribution in [0.2, 0.25) is 0 Å². The van der Waals surface area contributed by atoms with Crippen LogP contribution < -0.4 is 10.5 Å². The molecule has 0 fully saturated rings. The Labute approximate surface area is 115 Å². The molecule has 0 aliphatic carbocycles. The highest BCUT2D eigenvalue weighted by Crippen LogP contribution is 2.31. The van der Waals surface area contributed by atoms with Crippen LogP contribution in [0.25, 0.3) is 0 Å². The Morgan fingerprint density at radius 1 is 1.21 bits per heavy atom. The predicted molar refractivity (Wildman–Crippen MR) is 74.9 cm³/mol. The van der Waals surface area contributed by atoms with Gasteiger partial charge in [-0.05, 0) is 36.4 Å². The van der Waals surface area contributed by atoms with Crippen LogP contribution in [0.5, 0.6) is 5.75 Å². The quantitative estimate of drug-likeness (QED) is 0.839. The molecule has 2 aromatic rings. The van der Waals surface area contributed by atoms with Crippen molar-refractivity contribution < 1.29 is 14.6 Å². The third-order valence-electron chi connectivity index (χ3n) is 2.53. The molecule has 2 rings (SSSR count). The molecule has 0 saturated heterocycles. The van der Waals surface area contributed by atoms with Crippen LogP contribution in [0, 0.1) is 0 Å². The zero-order valence-corrected chi connectivity index (χ0v) is 11.1. The average molecular weight is 275 g/mol. The van der Waals surface area contributed by atoms with Gasteiger partial charge in [0.1, 0.15) is 5.75 Å². The summed E-state index contributed by atoms with van der Waals surface area (Å²) in [5.74, 6) is -0.260. The van der Waals surface area contributed by atoms with Gasteiger partial charge in [0.2, 0.25) is 0 Å². The number of nitrogen functional groups attached to an aromatic ring is 1. The smallest absolute Gasteiger partial charge is 0.337 e. The number of methoxy groups -OCH3 is 1. The van der Waals surface area contributed by atoms with Crippen molar-refractivity contribution >= 4 is 23.4 Å². The zero-order chi connectivity index (χ0) is 13.8. The van der Waals surface area contributed by atoms with Crippen molar-refractivity contribution in [1.29, 1.82) is 0 Å². The lowest BCUT2D eigenvalue weighted by atomic mass is 10.2. The molecule has 0 aliphatic rings. The lowest BCUT2D eigenvalue weighted by Gasteiger charge is -2.06. The first-order valence-corrected chi connectivity index (χ1v) is 6.36. The summed E-state index contributed by atoms with van der Waals surface area (Å²) < 4.78 is 5.15. The molecule has 0 aliphatic heterocycles. The van der Waals surface area contributed by atoms with Crippen molar-refractivity contribution in [2.75, 3.05) is 12.8 Å². The summed E-state index contributed by atoms with van der Waals surface area (Å²) >= 11 is 1.46.